The van der Waals surface area contributed by atoms with E-state index in [9.17, 15) is 4.79 Å². The van der Waals surface area contributed by atoms with Gasteiger partial charge in [0.1, 0.15) is 0 Å². The van der Waals surface area contributed by atoms with Gasteiger partial charge in [0, 0.05) is 29.7 Å². The molecule has 0 radical (unpaired) electrons. The lowest BCUT2D eigenvalue weighted by Crippen LogP contribution is -1.99. The molecule has 0 spiro atoms. The molecule has 2 aromatic heterocycles. The van der Waals surface area contributed by atoms with Gasteiger partial charge in [-0.15, -0.1) is 0 Å². The Morgan fingerprint density at radius 3 is 2.84 bits per heavy atom. The molecule has 3 aromatic rings. The van der Waals surface area contributed by atoms with Gasteiger partial charge in [-0.3, -0.25) is 4.68 Å². The van der Waals surface area contributed by atoms with Crippen molar-refractivity contribution in [2.45, 2.75) is 6.92 Å². The Hall–Kier alpha value is -2.56. The molecule has 5 heteroatoms. The van der Waals surface area contributed by atoms with Crippen LogP contribution in [0.15, 0.2) is 30.5 Å². The number of fused-ring (bicyclic) bond motifs is 1. The fourth-order valence-electron chi connectivity index (χ4n) is 2.26. The van der Waals surface area contributed by atoms with Crippen molar-refractivity contribution in [2.75, 3.05) is 0 Å². The number of nitrogens with zero attached hydrogens (tertiary/aromatic N) is 2. The molecule has 5 nitrogen and oxygen atoms in total. The number of rotatable bonds is 2. The zero-order chi connectivity index (χ0) is 13.6. The predicted molar refractivity (Wildman–Crippen MR) is 72.2 cm³/mol. The van der Waals surface area contributed by atoms with E-state index >= 15 is 0 Å². The van der Waals surface area contributed by atoms with Crippen LogP contribution in [0.1, 0.15) is 16.1 Å². The predicted octanol–water partition coefficient (Wildman–Crippen LogP) is 2.58. The van der Waals surface area contributed by atoms with E-state index in [1.165, 1.54) is 0 Å². The van der Waals surface area contributed by atoms with E-state index in [2.05, 4.69) is 10.1 Å². The molecule has 0 fully saturated rings. The third-order valence-corrected chi connectivity index (χ3v) is 3.28. The molecule has 96 valence electrons. The van der Waals surface area contributed by atoms with Gasteiger partial charge in [-0.1, -0.05) is 6.07 Å². The zero-order valence-electron chi connectivity index (χ0n) is 10.6. The Kier molecular flexibility index (Phi) is 2.41. The second kappa shape index (κ2) is 3.98. The molecule has 0 aliphatic heterocycles. The number of aromatic amines is 1. The van der Waals surface area contributed by atoms with Crippen molar-refractivity contribution in [1.82, 2.24) is 14.8 Å². The number of aryl methyl sites for hydroxylation is 2. The molecule has 3 rings (SSSR count). The largest absolute Gasteiger partial charge is 0.476 e. The lowest BCUT2D eigenvalue weighted by Gasteiger charge is -2.02. The number of nitrogens with one attached hydrogen (secondary N) is 1. The summed E-state index contributed by atoms with van der Waals surface area (Å²) in [6.07, 6.45) is 1.96. The quantitative estimate of drug-likeness (QED) is 0.739. The lowest BCUT2D eigenvalue weighted by atomic mass is 10.1. The summed E-state index contributed by atoms with van der Waals surface area (Å²) < 4.78 is 1.59. The van der Waals surface area contributed by atoms with E-state index in [-0.39, 0.29) is 5.69 Å². The van der Waals surface area contributed by atoms with Crippen molar-refractivity contribution >= 4 is 16.9 Å². The van der Waals surface area contributed by atoms with Gasteiger partial charge in [0.05, 0.1) is 5.69 Å². The van der Waals surface area contributed by atoms with E-state index in [4.69, 9.17) is 5.11 Å². The molecular weight excluding hydrogens is 242 g/mol. The minimum absolute atomic E-state index is 0.0587. The highest BCUT2D eigenvalue weighted by Crippen LogP contribution is 2.26. The molecule has 1 aromatic carbocycles. The summed E-state index contributed by atoms with van der Waals surface area (Å²) in [6.45, 7) is 2.04. The smallest absolute Gasteiger partial charge is 0.356 e. The van der Waals surface area contributed by atoms with Crippen molar-refractivity contribution < 1.29 is 9.90 Å². The normalized spacial score (nSPS) is 11.1. The highest BCUT2D eigenvalue weighted by molar-refractivity contribution is 5.90. The zero-order valence-corrected chi connectivity index (χ0v) is 10.6. The van der Waals surface area contributed by atoms with Crippen LogP contribution >= 0.6 is 0 Å². The monoisotopic (exact) mass is 255 g/mol. The number of benzene rings is 1. The van der Waals surface area contributed by atoms with Crippen LogP contribution in [0, 0.1) is 6.92 Å². The highest BCUT2D eigenvalue weighted by Gasteiger charge is 2.13. The minimum Gasteiger partial charge on any atom is -0.476 e. The van der Waals surface area contributed by atoms with Crippen LogP contribution in [-0.2, 0) is 7.05 Å². The first-order valence-corrected chi connectivity index (χ1v) is 5.91. The third-order valence-electron chi connectivity index (χ3n) is 3.28. The number of carbonyl (C=O) groups is 1. The third kappa shape index (κ3) is 1.79. The number of H-pyrrole nitrogens is 1. The van der Waals surface area contributed by atoms with Gasteiger partial charge in [0.25, 0.3) is 0 Å². The lowest BCUT2D eigenvalue weighted by molar-refractivity contribution is 0.0689. The van der Waals surface area contributed by atoms with Crippen LogP contribution in [0.3, 0.4) is 0 Å². The number of hydrogen-bond acceptors (Lipinski definition) is 2. The number of aromatic nitrogens is 3. The van der Waals surface area contributed by atoms with E-state index < -0.39 is 5.97 Å². The maximum absolute atomic E-state index is 10.9. The number of hydrogen-bond donors (Lipinski definition) is 2. The van der Waals surface area contributed by atoms with E-state index in [0.717, 1.165) is 27.7 Å². The van der Waals surface area contributed by atoms with Crippen molar-refractivity contribution in [2.24, 2.45) is 7.05 Å². The number of carboxylic acids is 1. The van der Waals surface area contributed by atoms with Crippen LogP contribution in [0.5, 0.6) is 0 Å². The topological polar surface area (TPSA) is 70.9 Å². The van der Waals surface area contributed by atoms with Gasteiger partial charge in [-0.05, 0) is 30.7 Å². The van der Waals surface area contributed by atoms with Crippen molar-refractivity contribution in [3.63, 3.8) is 0 Å². The van der Waals surface area contributed by atoms with E-state index in [1.807, 2.05) is 31.3 Å². The first kappa shape index (κ1) is 11.5. The summed E-state index contributed by atoms with van der Waals surface area (Å²) in [6, 6.07) is 7.58. The van der Waals surface area contributed by atoms with Gasteiger partial charge in [-0.2, -0.15) is 5.10 Å². The molecule has 0 unspecified atom stereocenters. The van der Waals surface area contributed by atoms with Crippen LogP contribution in [-0.4, -0.2) is 25.8 Å². The molecule has 19 heavy (non-hydrogen) atoms. The van der Waals surface area contributed by atoms with Crippen LogP contribution in [0.4, 0.5) is 0 Å². The Labute approximate surface area is 109 Å². The highest BCUT2D eigenvalue weighted by atomic mass is 16.4. The summed E-state index contributed by atoms with van der Waals surface area (Å²) in [5.74, 6) is -1.01. The van der Waals surface area contributed by atoms with Crippen LogP contribution in [0.2, 0.25) is 0 Å². The molecule has 2 heterocycles. The molecule has 0 aliphatic rings. The average Bonchev–Trinajstić information content (AvgIpc) is 2.93. The summed E-state index contributed by atoms with van der Waals surface area (Å²) in [4.78, 5) is 14.1. The maximum atomic E-state index is 10.9. The van der Waals surface area contributed by atoms with Gasteiger partial charge < -0.3 is 10.1 Å². The average molecular weight is 255 g/mol. The minimum atomic E-state index is -1.01. The molecule has 0 aliphatic carbocycles. The van der Waals surface area contributed by atoms with E-state index in [0.29, 0.717) is 0 Å². The fraction of sp³-hybridized carbons (Fsp3) is 0.143. The van der Waals surface area contributed by atoms with Gasteiger partial charge in [-0.25, -0.2) is 4.79 Å². The van der Waals surface area contributed by atoms with Gasteiger partial charge in [0.2, 0.25) is 0 Å². The first-order valence-electron chi connectivity index (χ1n) is 5.91. The molecule has 0 saturated heterocycles. The summed E-state index contributed by atoms with van der Waals surface area (Å²) in [7, 11) is 1.75. The Morgan fingerprint density at radius 1 is 1.37 bits per heavy atom. The molecular formula is C14H13N3O2. The van der Waals surface area contributed by atoms with E-state index in [1.54, 1.807) is 17.8 Å². The molecule has 0 saturated carbocycles. The molecule has 0 amide bonds. The number of aromatic carboxylic acids is 1. The summed E-state index contributed by atoms with van der Waals surface area (Å²) in [5.41, 5.74) is 4.04. The Balaban J connectivity index is 2.18. The van der Waals surface area contributed by atoms with Gasteiger partial charge in [0.15, 0.2) is 5.69 Å². The maximum Gasteiger partial charge on any atom is 0.356 e. The van der Waals surface area contributed by atoms with Crippen LogP contribution < -0.4 is 0 Å². The van der Waals surface area contributed by atoms with Crippen LogP contribution in [0.25, 0.3) is 22.2 Å². The molecule has 2 N–H and O–H groups in total. The fourth-order valence-corrected chi connectivity index (χ4v) is 2.26. The summed E-state index contributed by atoms with van der Waals surface area (Å²) >= 11 is 0. The molecule has 0 bridgehead atoms. The standard InChI is InChI=1S/C14H13N3O2/c1-8-7-15-11-4-3-9(5-10(8)11)13-6-12(14(18)19)16-17(13)2/h3-7,15H,1-2H3,(H,18,19). The molecule has 0 atom stereocenters. The van der Waals surface area contributed by atoms with Gasteiger partial charge >= 0.3 is 5.97 Å². The second-order valence-corrected chi connectivity index (χ2v) is 4.58. The Morgan fingerprint density at radius 2 is 2.16 bits per heavy atom. The van der Waals surface area contributed by atoms with Crippen molar-refractivity contribution in [3.05, 3.63) is 41.7 Å². The first-order chi connectivity index (χ1) is 9.06. The number of carboxylic acid groups (broad SMARTS) is 1. The Bertz CT molecular complexity index is 783. The SMILES string of the molecule is Cc1c[nH]c2ccc(-c3cc(C(=O)O)nn3C)cc12. The van der Waals surface area contributed by atoms with Crippen molar-refractivity contribution in [3.8, 4) is 11.3 Å². The van der Waals surface area contributed by atoms with Crippen molar-refractivity contribution in [1.29, 1.82) is 0 Å². The second-order valence-electron chi connectivity index (χ2n) is 4.58. The summed E-state index contributed by atoms with van der Waals surface area (Å²) in [5, 5.41) is 14.1.